The molecule has 2 amide bonds. The number of amides is 2. The van der Waals surface area contributed by atoms with Crippen LogP contribution in [0.25, 0.3) is 11.1 Å². The van der Waals surface area contributed by atoms with Crippen molar-refractivity contribution in [3.8, 4) is 22.6 Å². The molecule has 162 valence electrons. The molecule has 6 heteroatoms. The van der Waals surface area contributed by atoms with Gasteiger partial charge in [0.2, 0.25) is 5.91 Å². The van der Waals surface area contributed by atoms with Crippen molar-refractivity contribution in [2.24, 2.45) is 5.73 Å². The van der Waals surface area contributed by atoms with Gasteiger partial charge in [0.15, 0.2) is 0 Å². The maximum absolute atomic E-state index is 12.7. The predicted octanol–water partition coefficient (Wildman–Crippen LogP) is 4.27. The zero-order valence-electron chi connectivity index (χ0n) is 18.3. The molecule has 3 rings (SSSR count). The van der Waals surface area contributed by atoms with Gasteiger partial charge < -0.3 is 20.1 Å². The summed E-state index contributed by atoms with van der Waals surface area (Å²) in [5.41, 5.74) is 7.37. The molecule has 30 heavy (non-hydrogen) atoms. The van der Waals surface area contributed by atoms with Gasteiger partial charge in [0, 0.05) is 36.7 Å². The molecule has 2 aromatic rings. The number of methoxy groups -OCH3 is 2. The monoisotopic (exact) mass is 412 g/mol. The molecule has 0 aromatic heterocycles. The van der Waals surface area contributed by atoms with Crippen molar-refractivity contribution >= 4 is 11.8 Å². The summed E-state index contributed by atoms with van der Waals surface area (Å²) in [6.45, 7) is 1.72. The lowest BCUT2D eigenvalue weighted by Gasteiger charge is -2.24. The fraction of sp³-hybridized carbons (Fsp3) is 0.417. The van der Waals surface area contributed by atoms with Crippen LogP contribution in [0.5, 0.6) is 11.5 Å². The predicted molar refractivity (Wildman–Crippen MR) is 119 cm³/mol. The maximum atomic E-state index is 12.7. The number of rotatable bonds is 6. The number of benzene rings is 2. The van der Waals surface area contributed by atoms with Crippen LogP contribution in [0.4, 0.5) is 0 Å². The molecular formula is C24H32N2O4. The molecule has 0 unspecified atom stereocenters. The molecule has 0 bridgehead atoms. The first-order chi connectivity index (χ1) is 14.4. The molecule has 1 fully saturated rings. The second-order valence-corrected chi connectivity index (χ2v) is 7.32. The second-order valence-electron chi connectivity index (χ2n) is 7.32. The first kappa shape index (κ1) is 23.3. The number of hydrogen-bond donors (Lipinski definition) is 1. The molecule has 2 N–H and O–H groups in total. The number of carbonyl (C=O) groups excluding carboxylic acids is 2. The third kappa shape index (κ3) is 5.99. The zero-order valence-corrected chi connectivity index (χ0v) is 18.3. The van der Waals surface area contributed by atoms with Crippen LogP contribution in [0, 0.1) is 0 Å². The molecule has 0 aliphatic heterocycles. The van der Waals surface area contributed by atoms with Crippen molar-refractivity contribution in [3.63, 3.8) is 0 Å². The second kappa shape index (κ2) is 11.2. The SMILES string of the molecule is CCC(N)=O.COc1ccc(-c2ccc(C(=O)N(C)C3CCCC3)cc2)c(OC)c1. The van der Waals surface area contributed by atoms with E-state index in [4.69, 9.17) is 9.47 Å². The standard InChI is InChI=1S/C21H25NO3.C3H7NO/c1-22(17-6-4-5-7-17)21(23)16-10-8-15(9-11-16)19-13-12-18(24-2)14-20(19)25-3;1-2-3(4)5/h8-14,17H,4-7H2,1-3H3;2H2,1H3,(H2,4,5). The normalized spacial score (nSPS) is 13.2. The van der Waals surface area contributed by atoms with Gasteiger partial charge in [-0.3, -0.25) is 9.59 Å². The Morgan fingerprint density at radius 2 is 1.63 bits per heavy atom. The largest absolute Gasteiger partial charge is 0.497 e. The third-order valence-corrected chi connectivity index (χ3v) is 5.39. The van der Waals surface area contributed by atoms with E-state index >= 15 is 0 Å². The molecule has 0 heterocycles. The van der Waals surface area contributed by atoms with Crippen molar-refractivity contribution in [1.29, 1.82) is 0 Å². The minimum absolute atomic E-state index is 0.0974. The first-order valence-corrected chi connectivity index (χ1v) is 10.3. The van der Waals surface area contributed by atoms with Crippen LogP contribution in [0.15, 0.2) is 42.5 Å². The number of ether oxygens (including phenoxy) is 2. The van der Waals surface area contributed by atoms with Crippen LogP contribution in [0.2, 0.25) is 0 Å². The van der Waals surface area contributed by atoms with E-state index in [0.29, 0.717) is 12.5 Å². The van der Waals surface area contributed by atoms with Gasteiger partial charge in [-0.2, -0.15) is 0 Å². The Hall–Kier alpha value is -3.02. The number of primary amides is 1. The van der Waals surface area contributed by atoms with Gasteiger partial charge >= 0.3 is 0 Å². The Morgan fingerprint density at radius 1 is 1.03 bits per heavy atom. The third-order valence-electron chi connectivity index (χ3n) is 5.39. The highest BCUT2D eigenvalue weighted by atomic mass is 16.5. The number of nitrogens with two attached hydrogens (primary N) is 1. The summed E-state index contributed by atoms with van der Waals surface area (Å²) in [7, 11) is 5.20. The number of carbonyl (C=O) groups is 2. The Labute approximate surface area is 179 Å². The lowest BCUT2D eigenvalue weighted by Crippen LogP contribution is -2.35. The van der Waals surface area contributed by atoms with Gasteiger partial charge in [-0.1, -0.05) is 31.9 Å². The lowest BCUT2D eigenvalue weighted by atomic mass is 10.0. The van der Waals surface area contributed by atoms with Crippen LogP contribution in [-0.4, -0.2) is 44.0 Å². The topological polar surface area (TPSA) is 81.9 Å². The van der Waals surface area contributed by atoms with E-state index in [1.165, 1.54) is 12.8 Å². The fourth-order valence-corrected chi connectivity index (χ4v) is 3.49. The summed E-state index contributed by atoms with van der Waals surface area (Å²) in [4.78, 5) is 24.2. The van der Waals surface area contributed by atoms with E-state index in [9.17, 15) is 9.59 Å². The Morgan fingerprint density at radius 3 is 2.13 bits per heavy atom. The van der Waals surface area contributed by atoms with E-state index in [2.05, 4.69) is 5.73 Å². The minimum atomic E-state index is -0.245. The Kier molecular flexibility index (Phi) is 8.71. The molecule has 0 radical (unpaired) electrons. The highest BCUT2D eigenvalue weighted by molar-refractivity contribution is 5.95. The molecule has 1 saturated carbocycles. The zero-order chi connectivity index (χ0) is 22.1. The maximum Gasteiger partial charge on any atom is 0.253 e. The molecule has 1 aliphatic rings. The van der Waals surface area contributed by atoms with Crippen molar-refractivity contribution in [1.82, 2.24) is 4.90 Å². The van der Waals surface area contributed by atoms with Crippen LogP contribution in [-0.2, 0) is 4.79 Å². The van der Waals surface area contributed by atoms with Crippen LogP contribution in [0.1, 0.15) is 49.4 Å². The molecule has 0 saturated heterocycles. The summed E-state index contributed by atoms with van der Waals surface area (Å²) in [6, 6.07) is 13.9. The average Bonchev–Trinajstić information content (AvgIpc) is 3.33. The molecule has 0 atom stereocenters. The summed E-state index contributed by atoms with van der Waals surface area (Å²) in [5, 5.41) is 0. The van der Waals surface area contributed by atoms with Gasteiger partial charge in [-0.25, -0.2) is 0 Å². The molecule has 6 nitrogen and oxygen atoms in total. The van der Waals surface area contributed by atoms with Crippen molar-refractivity contribution in [2.75, 3.05) is 21.3 Å². The summed E-state index contributed by atoms with van der Waals surface area (Å²) in [6.07, 6.45) is 5.11. The highest BCUT2D eigenvalue weighted by Gasteiger charge is 2.24. The van der Waals surface area contributed by atoms with Gasteiger partial charge in [0.25, 0.3) is 5.91 Å². The smallest absolute Gasteiger partial charge is 0.253 e. The van der Waals surface area contributed by atoms with Crippen LogP contribution in [0.3, 0.4) is 0 Å². The van der Waals surface area contributed by atoms with Gasteiger partial charge in [0.05, 0.1) is 14.2 Å². The Bertz CT molecular complexity index is 843. The van der Waals surface area contributed by atoms with Crippen molar-refractivity contribution < 1.29 is 19.1 Å². The number of nitrogens with zero attached hydrogens (tertiary/aromatic N) is 1. The quantitative estimate of drug-likeness (QED) is 0.768. The van der Waals surface area contributed by atoms with E-state index in [-0.39, 0.29) is 11.8 Å². The lowest BCUT2D eigenvalue weighted by molar-refractivity contribution is -0.117. The minimum Gasteiger partial charge on any atom is -0.497 e. The van der Waals surface area contributed by atoms with Crippen molar-refractivity contribution in [2.45, 2.75) is 45.1 Å². The average molecular weight is 413 g/mol. The van der Waals surface area contributed by atoms with Gasteiger partial charge in [0.1, 0.15) is 11.5 Å². The highest BCUT2D eigenvalue weighted by Crippen LogP contribution is 2.33. The molecule has 0 spiro atoms. The Balaban J connectivity index is 0.000000575. The van der Waals surface area contributed by atoms with E-state index < -0.39 is 0 Å². The van der Waals surface area contributed by atoms with Crippen molar-refractivity contribution in [3.05, 3.63) is 48.0 Å². The van der Waals surface area contributed by atoms with E-state index in [0.717, 1.165) is 41.0 Å². The number of hydrogen-bond acceptors (Lipinski definition) is 4. The van der Waals surface area contributed by atoms with Crippen LogP contribution < -0.4 is 15.2 Å². The molecule has 2 aromatic carbocycles. The fourth-order valence-electron chi connectivity index (χ4n) is 3.49. The van der Waals surface area contributed by atoms with Gasteiger partial charge in [-0.05, 0) is 42.7 Å². The van der Waals surface area contributed by atoms with Crippen LogP contribution >= 0.6 is 0 Å². The molecular weight excluding hydrogens is 380 g/mol. The van der Waals surface area contributed by atoms with Gasteiger partial charge in [-0.15, -0.1) is 0 Å². The first-order valence-electron chi connectivity index (χ1n) is 10.3. The summed E-state index contributed by atoms with van der Waals surface area (Å²) in [5.74, 6) is 1.36. The molecule has 1 aliphatic carbocycles. The summed E-state index contributed by atoms with van der Waals surface area (Å²) >= 11 is 0. The van der Waals surface area contributed by atoms with E-state index in [1.54, 1.807) is 21.1 Å². The van der Waals surface area contributed by atoms with E-state index in [1.807, 2.05) is 54.4 Å². The summed E-state index contributed by atoms with van der Waals surface area (Å²) < 4.78 is 10.7.